The molecular weight excluding hydrogens is 303 g/mol. The molecule has 1 unspecified atom stereocenters. The van der Waals surface area contributed by atoms with E-state index in [0.717, 1.165) is 22.6 Å². The lowest BCUT2D eigenvalue weighted by Gasteiger charge is -2.09. The second-order valence-electron chi connectivity index (χ2n) is 4.42. The van der Waals surface area contributed by atoms with Crippen LogP contribution < -0.4 is 9.47 Å². The summed E-state index contributed by atoms with van der Waals surface area (Å²) >= 11 is 1.39. The van der Waals surface area contributed by atoms with Gasteiger partial charge in [0, 0.05) is 17.4 Å². The Kier molecular flexibility index (Phi) is 5.66. The van der Waals surface area contributed by atoms with E-state index in [1.807, 2.05) is 54.8 Å². The predicted octanol–water partition coefficient (Wildman–Crippen LogP) is 4.90. The zero-order valence-electron chi connectivity index (χ0n) is 12.3. The molecule has 0 fully saturated rings. The van der Waals surface area contributed by atoms with Crippen LogP contribution in [0.4, 0.5) is 0 Å². The zero-order chi connectivity index (χ0) is 15.2. The molecule has 0 bridgehead atoms. The number of rotatable bonds is 6. The molecule has 0 amide bonds. The molecule has 0 aromatic heterocycles. The minimum Gasteiger partial charge on any atom is -0.497 e. The lowest BCUT2D eigenvalue weighted by molar-refractivity contribution is 0.414. The van der Waals surface area contributed by atoms with Crippen LogP contribution in [0.3, 0.4) is 0 Å². The number of ether oxygens (including phenoxy) is 2. The van der Waals surface area contributed by atoms with Crippen molar-refractivity contribution < 1.29 is 14.0 Å². The second-order valence-corrected chi connectivity index (χ2v) is 8.04. The standard InChI is InChI=1S/C16H18O3PS/c1-18-14-8-4-12(5-9-14)16(20(17)21-3)13-6-10-15(19-2)11-7-13/h4-11,16H,1-3H3/q+1. The van der Waals surface area contributed by atoms with Gasteiger partial charge >= 0.3 is 7.00 Å². The molecule has 0 aliphatic heterocycles. The van der Waals surface area contributed by atoms with Gasteiger partial charge in [-0.2, -0.15) is 0 Å². The third kappa shape index (κ3) is 3.78. The van der Waals surface area contributed by atoms with Crippen molar-refractivity contribution in [3.63, 3.8) is 0 Å². The number of benzene rings is 2. The van der Waals surface area contributed by atoms with Crippen LogP contribution >= 0.6 is 18.4 Å². The molecule has 21 heavy (non-hydrogen) atoms. The lowest BCUT2D eigenvalue weighted by Crippen LogP contribution is -1.96. The fourth-order valence-electron chi connectivity index (χ4n) is 2.11. The van der Waals surface area contributed by atoms with Gasteiger partial charge in [-0.25, -0.2) is 0 Å². The summed E-state index contributed by atoms with van der Waals surface area (Å²) in [5.41, 5.74) is 1.92. The lowest BCUT2D eigenvalue weighted by atomic mass is 10.0. The van der Waals surface area contributed by atoms with Crippen molar-refractivity contribution in [2.45, 2.75) is 5.66 Å². The maximum atomic E-state index is 12.5. The first kappa shape index (κ1) is 15.9. The molecule has 0 aliphatic carbocycles. The van der Waals surface area contributed by atoms with Gasteiger partial charge in [-0.15, -0.1) is 0 Å². The van der Waals surface area contributed by atoms with E-state index in [4.69, 9.17) is 9.47 Å². The van der Waals surface area contributed by atoms with E-state index in [9.17, 15) is 4.57 Å². The van der Waals surface area contributed by atoms with Crippen LogP contribution in [-0.4, -0.2) is 20.5 Å². The largest absolute Gasteiger partial charge is 0.497 e. The Morgan fingerprint density at radius 1 is 0.857 bits per heavy atom. The van der Waals surface area contributed by atoms with E-state index >= 15 is 0 Å². The third-order valence-corrected chi connectivity index (χ3v) is 6.34. The summed E-state index contributed by atoms with van der Waals surface area (Å²) in [4.78, 5) is 0. The van der Waals surface area contributed by atoms with Gasteiger partial charge in [0.25, 0.3) is 0 Å². The van der Waals surface area contributed by atoms with Crippen molar-refractivity contribution in [1.29, 1.82) is 0 Å². The van der Waals surface area contributed by atoms with Gasteiger partial charge in [0.1, 0.15) is 22.9 Å². The first-order valence-electron chi connectivity index (χ1n) is 6.48. The molecule has 2 aromatic carbocycles. The fraction of sp³-hybridized carbons (Fsp3) is 0.250. The van der Waals surface area contributed by atoms with Gasteiger partial charge in [0.05, 0.1) is 14.2 Å². The van der Waals surface area contributed by atoms with Crippen molar-refractivity contribution in [2.75, 3.05) is 20.5 Å². The topological polar surface area (TPSA) is 35.5 Å². The highest BCUT2D eigenvalue weighted by molar-refractivity contribution is 8.51. The summed E-state index contributed by atoms with van der Waals surface area (Å²) < 4.78 is 22.8. The maximum absolute atomic E-state index is 12.5. The Morgan fingerprint density at radius 2 is 1.24 bits per heavy atom. The molecule has 0 aliphatic rings. The zero-order valence-corrected chi connectivity index (χ0v) is 14.0. The van der Waals surface area contributed by atoms with Crippen LogP contribution in [0.25, 0.3) is 0 Å². The average molecular weight is 321 g/mol. The third-order valence-electron chi connectivity index (χ3n) is 3.25. The SMILES string of the molecule is COc1ccc(C(c2ccc(OC)cc2)[P+](=O)SC)cc1. The molecule has 0 radical (unpaired) electrons. The molecular formula is C16H18O3PS+. The van der Waals surface area contributed by atoms with Crippen LogP contribution in [-0.2, 0) is 4.57 Å². The van der Waals surface area contributed by atoms with Gasteiger partial charge in [-0.1, -0.05) is 28.8 Å². The van der Waals surface area contributed by atoms with Crippen molar-refractivity contribution in [2.24, 2.45) is 0 Å². The second kappa shape index (κ2) is 7.48. The first-order chi connectivity index (χ1) is 10.2. The van der Waals surface area contributed by atoms with Crippen LogP contribution in [0.15, 0.2) is 48.5 Å². The molecule has 0 saturated carbocycles. The first-order valence-corrected chi connectivity index (χ1v) is 9.64. The summed E-state index contributed by atoms with van der Waals surface area (Å²) in [6, 6.07) is 15.5. The Labute approximate surface area is 130 Å². The molecule has 0 N–H and O–H groups in total. The highest BCUT2D eigenvalue weighted by atomic mass is 32.7. The molecule has 1 atom stereocenters. The minimum absolute atomic E-state index is 0.133. The average Bonchev–Trinajstić information content (AvgIpc) is 2.56. The highest BCUT2D eigenvalue weighted by Crippen LogP contribution is 2.53. The van der Waals surface area contributed by atoms with Crippen molar-refractivity contribution in [1.82, 2.24) is 0 Å². The molecule has 3 nitrogen and oxygen atoms in total. The Bertz CT molecular complexity index is 548. The molecule has 2 rings (SSSR count). The van der Waals surface area contributed by atoms with Crippen molar-refractivity contribution in [3.05, 3.63) is 59.7 Å². The normalized spacial score (nSPS) is 11.3. The van der Waals surface area contributed by atoms with Gasteiger partial charge in [0.2, 0.25) is 5.66 Å². The smallest absolute Gasteiger partial charge is 0.422 e. The van der Waals surface area contributed by atoms with Crippen LogP contribution in [0, 0.1) is 0 Å². The molecule has 110 valence electrons. The van der Waals surface area contributed by atoms with Gasteiger partial charge < -0.3 is 9.47 Å². The predicted molar refractivity (Wildman–Crippen MR) is 89.0 cm³/mol. The summed E-state index contributed by atoms with van der Waals surface area (Å²) in [7, 11) is 1.84. The molecule has 2 aromatic rings. The van der Waals surface area contributed by atoms with Crippen molar-refractivity contribution in [3.8, 4) is 11.5 Å². The van der Waals surface area contributed by atoms with Gasteiger partial charge in [0.15, 0.2) is 0 Å². The summed E-state index contributed by atoms with van der Waals surface area (Å²) in [6.45, 7) is 0. The van der Waals surface area contributed by atoms with Crippen molar-refractivity contribution >= 4 is 18.4 Å². The Balaban J connectivity index is 2.38. The molecule has 5 heteroatoms. The summed E-state index contributed by atoms with van der Waals surface area (Å²) in [5.74, 6) is 1.60. The van der Waals surface area contributed by atoms with E-state index in [1.165, 1.54) is 11.4 Å². The monoisotopic (exact) mass is 321 g/mol. The van der Waals surface area contributed by atoms with Crippen LogP contribution in [0.1, 0.15) is 16.8 Å². The van der Waals surface area contributed by atoms with E-state index < -0.39 is 7.00 Å². The quantitative estimate of drug-likeness (QED) is 0.709. The Hall–Kier alpha value is -1.51. The minimum atomic E-state index is -1.44. The molecule has 0 heterocycles. The van der Waals surface area contributed by atoms with E-state index in [1.54, 1.807) is 14.2 Å². The molecule has 0 saturated heterocycles. The van der Waals surface area contributed by atoms with Gasteiger partial charge in [-0.3, -0.25) is 0 Å². The Morgan fingerprint density at radius 3 is 1.52 bits per heavy atom. The van der Waals surface area contributed by atoms with E-state index in [0.29, 0.717) is 0 Å². The number of hydrogen-bond donors (Lipinski definition) is 0. The van der Waals surface area contributed by atoms with Crippen LogP contribution in [0.2, 0.25) is 0 Å². The van der Waals surface area contributed by atoms with Crippen LogP contribution in [0.5, 0.6) is 11.5 Å². The number of hydrogen-bond acceptors (Lipinski definition) is 4. The highest BCUT2D eigenvalue weighted by Gasteiger charge is 2.33. The molecule has 0 spiro atoms. The van der Waals surface area contributed by atoms with E-state index in [2.05, 4.69) is 0 Å². The number of methoxy groups -OCH3 is 2. The summed E-state index contributed by atoms with van der Waals surface area (Å²) in [6.07, 6.45) is 1.87. The fourth-order valence-corrected chi connectivity index (χ4v) is 4.52. The van der Waals surface area contributed by atoms with Gasteiger partial charge in [-0.05, 0) is 24.3 Å². The summed E-state index contributed by atoms with van der Waals surface area (Å²) in [5, 5.41) is 0. The van der Waals surface area contributed by atoms with E-state index in [-0.39, 0.29) is 5.66 Å². The maximum Gasteiger partial charge on any atom is 0.422 e.